The summed E-state index contributed by atoms with van der Waals surface area (Å²) in [5.41, 5.74) is 0.637. The van der Waals surface area contributed by atoms with Gasteiger partial charge in [0, 0.05) is 11.6 Å². The number of aliphatic hydroxyl groups excluding tert-OH is 1. The van der Waals surface area contributed by atoms with E-state index in [0.29, 0.717) is 10.3 Å². The second-order valence-electron chi connectivity index (χ2n) is 2.17. The van der Waals surface area contributed by atoms with Crippen LogP contribution in [0.5, 0.6) is 0 Å². The van der Waals surface area contributed by atoms with Crippen LogP contribution in [0.15, 0.2) is 24.5 Å². The predicted octanol–water partition coefficient (Wildman–Crippen LogP) is 0.373. The van der Waals surface area contributed by atoms with E-state index in [1.54, 1.807) is 19.1 Å². The number of nitrogens with zero attached hydrogens (tertiary/aromatic N) is 1. The minimum absolute atomic E-state index is 0.568. The molecule has 0 radical (unpaired) electrons. The van der Waals surface area contributed by atoms with Crippen molar-refractivity contribution in [3.8, 4) is 0 Å². The molecule has 0 aliphatic heterocycles. The molecule has 0 amide bonds. The van der Waals surface area contributed by atoms with E-state index in [-0.39, 0.29) is 0 Å². The number of rotatable bonds is 1. The largest absolute Gasteiger partial charge is 0.619 e. The van der Waals surface area contributed by atoms with Crippen molar-refractivity contribution in [2.75, 3.05) is 0 Å². The molecule has 3 heteroatoms. The highest BCUT2D eigenvalue weighted by atomic mass is 16.5. The van der Waals surface area contributed by atoms with E-state index in [1.165, 1.54) is 12.4 Å². The molecule has 1 heterocycles. The molecular weight excluding hydrogens is 130 g/mol. The Kier molecular flexibility index (Phi) is 1.87. The van der Waals surface area contributed by atoms with Crippen molar-refractivity contribution in [2.24, 2.45) is 0 Å². The van der Waals surface area contributed by atoms with Gasteiger partial charge in [-0.05, 0) is 13.0 Å². The molecule has 0 aliphatic carbocycles. The second kappa shape index (κ2) is 2.66. The Morgan fingerprint density at radius 2 is 2.40 bits per heavy atom. The van der Waals surface area contributed by atoms with E-state index in [0.717, 1.165) is 0 Å². The van der Waals surface area contributed by atoms with Gasteiger partial charge in [0.1, 0.15) is 0 Å². The van der Waals surface area contributed by atoms with Gasteiger partial charge in [-0.1, -0.05) is 0 Å². The molecule has 1 aromatic heterocycles. The minimum atomic E-state index is -0.568. The zero-order valence-corrected chi connectivity index (χ0v) is 5.69. The lowest BCUT2D eigenvalue weighted by Gasteiger charge is -2.02. The molecule has 0 aromatic carbocycles. The molecule has 10 heavy (non-hydrogen) atoms. The molecule has 0 fully saturated rings. The summed E-state index contributed by atoms with van der Waals surface area (Å²) in [6, 6.07) is 3.31. The molecule has 0 spiro atoms. The van der Waals surface area contributed by atoms with E-state index in [2.05, 4.69) is 0 Å². The summed E-state index contributed by atoms with van der Waals surface area (Å²) in [7, 11) is 0. The van der Waals surface area contributed by atoms with Crippen LogP contribution in [0.3, 0.4) is 0 Å². The van der Waals surface area contributed by atoms with E-state index >= 15 is 0 Å². The first-order valence-electron chi connectivity index (χ1n) is 3.07. The molecule has 0 saturated heterocycles. The van der Waals surface area contributed by atoms with Crippen LogP contribution in [0.4, 0.5) is 0 Å². The number of hydrogen-bond donors (Lipinski definition) is 1. The number of hydrogen-bond acceptors (Lipinski definition) is 2. The normalized spacial score (nSPS) is 13.0. The molecular formula is C7H9NO2. The fraction of sp³-hybridized carbons (Fsp3) is 0.286. The van der Waals surface area contributed by atoms with Crippen LogP contribution in [0, 0.1) is 5.21 Å². The standard InChI is InChI=1S/C7H9NO2/c1-6(9)7-3-2-4-8(10)5-7/h2-6,9H,1H3/t6-/m0/s1. The van der Waals surface area contributed by atoms with Gasteiger partial charge in [0.25, 0.3) is 0 Å². The maximum Gasteiger partial charge on any atom is 0.186 e. The van der Waals surface area contributed by atoms with Crippen LogP contribution in [-0.4, -0.2) is 5.11 Å². The van der Waals surface area contributed by atoms with Crippen molar-refractivity contribution >= 4 is 0 Å². The van der Waals surface area contributed by atoms with Crippen molar-refractivity contribution in [1.82, 2.24) is 0 Å². The van der Waals surface area contributed by atoms with Crippen molar-refractivity contribution in [1.29, 1.82) is 0 Å². The number of aromatic nitrogens is 1. The molecule has 1 aromatic rings. The summed E-state index contributed by atoms with van der Waals surface area (Å²) >= 11 is 0. The van der Waals surface area contributed by atoms with Crippen LogP contribution in [0.25, 0.3) is 0 Å². The Balaban J connectivity index is 2.96. The van der Waals surface area contributed by atoms with Crippen LogP contribution in [0.2, 0.25) is 0 Å². The summed E-state index contributed by atoms with van der Waals surface area (Å²) in [5.74, 6) is 0. The summed E-state index contributed by atoms with van der Waals surface area (Å²) < 4.78 is 0.669. The second-order valence-corrected chi connectivity index (χ2v) is 2.17. The Hall–Kier alpha value is -1.09. The van der Waals surface area contributed by atoms with Gasteiger partial charge in [-0.15, -0.1) is 0 Å². The lowest BCUT2D eigenvalue weighted by atomic mass is 10.2. The molecule has 0 saturated carbocycles. The topological polar surface area (TPSA) is 47.2 Å². The number of aliphatic hydroxyl groups is 1. The predicted molar refractivity (Wildman–Crippen MR) is 36.0 cm³/mol. The number of pyridine rings is 1. The third-order valence-corrected chi connectivity index (χ3v) is 1.28. The van der Waals surface area contributed by atoms with Gasteiger partial charge in [-0.3, -0.25) is 0 Å². The third kappa shape index (κ3) is 1.45. The van der Waals surface area contributed by atoms with Crippen LogP contribution in [0.1, 0.15) is 18.6 Å². The highest BCUT2D eigenvalue weighted by Crippen LogP contribution is 2.06. The fourth-order valence-corrected chi connectivity index (χ4v) is 0.719. The van der Waals surface area contributed by atoms with E-state index in [9.17, 15) is 5.21 Å². The zero-order valence-electron chi connectivity index (χ0n) is 5.69. The third-order valence-electron chi connectivity index (χ3n) is 1.28. The molecule has 54 valence electrons. The maximum atomic E-state index is 10.6. The first-order chi connectivity index (χ1) is 4.70. The SMILES string of the molecule is C[C@H](O)c1ccc[n+]([O-])c1. The van der Waals surface area contributed by atoms with Crippen molar-refractivity contribution in [3.63, 3.8) is 0 Å². The van der Waals surface area contributed by atoms with Crippen molar-refractivity contribution < 1.29 is 9.84 Å². The minimum Gasteiger partial charge on any atom is -0.619 e. The van der Waals surface area contributed by atoms with Gasteiger partial charge in [-0.25, -0.2) is 0 Å². The first kappa shape index (κ1) is 7.02. The molecule has 1 atom stereocenters. The summed E-state index contributed by atoms with van der Waals surface area (Å²) in [6.45, 7) is 1.62. The van der Waals surface area contributed by atoms with Gasteiger partial charge in [-0.2, -0.15) is 4.73 Å². The Morgan fingerprint density at radius 1 is 1.70 bits per heavy atom. The van der Waals surface area contributed by atoms with E-state index < -0.39 is 6.10 Å². The monoisotopic (exact) mass is 139 g/mol. The Morgan fingerprint density at radius 3 is 2.80 bits per heavy atom. The quantitative estimate of drug-likeness (QED) is 0.451. The van der Waals surface area contributed by atoms with Gasteiger partial charge < -0.3 is 10.3 Å². The lowest BCUT2D eigenvalue weighted by Crippen LogP contribution is -2.25. The maximum absolute atomic E-state index is 10.6. The van der Waals surface area contributed by atoms with Gasteiger partial charge in [0.05, 0.1) is 6.10 Å². The van der Waals surface area contributed by atoms with Gasteiger partial charge in [0.2, 0.25) is 0 Å². The van der Waals surface area contributed by atoms with Crippen LogP contribution in [-0.2, 0) is 0 Å². The van der Waals surface area contributed by atoms with Crippen LogP contribution < -0.4 is 4.73 Å². The van der Waals surface area contributed by atoms with Gasteiger partial charge in [0.15, 0.2) is 12.4 Å². The highest BCUT2D eigenvalue weighted by Gasteiger charge is 2.01. The molecule has 3 nitrogen and oxygen atoms in total. The average Bonchev–Trinajstić information content (AvgIpc) is 1.88. The smallest absolute Gasteiger partial charge is 0.186 e. The first-order valence-corrected chi connectivity index (χ1v) is 3.07. The Labute approximate surface area is 59.1 Å². The average molecular weight is 139 g/mol. The summed E-state index contributed by atoms with van der Waals surface area (Å²) in [5, 5.41) is 19.6. The molecule has 0 unspecified atom stereocenters. The molecule has 0 bridgehead atoms. The van der Waals surface area contributed by atoms with E-state index in [1.807, 2.05) is 0 Å². The molecule has 1 N–H and O–H groups in total. The summed E-state index contributed by atoms with van der Waals surface area (Å²) in [6.07, 6.45) is 2.16. The summed E-state index contributed by atoms with van der Waals surface area (Å²) in [4.78, 5) is 0. The van der Waals surface area contributed by atoms with Crippen molar-refractivity contribution in [2.45, 2.75) is 13.0 Å². The molecule has 0 aliphatic rings. The van der Waals surface area contributed by atoms with Crippen molar-refractivity contribution in [3.05, 3.63) is 35.3 Å². The lowest BCUT2D eigenvalue weighted by molar-refractivity contribution is -0.606. The molecule has 1 rings (SSSR count). The zero-order chi connectivity index (χ0) is 7.56. The fourth-order valence-electron chi connectivity index (χ4n) is 0.719. The Bertz CT molecular complexity index is 223. The van der Waals surface area contributed by atoms with Crippen LogP contribution >= 0.6 is 0 Å². The van der Waals surface area contributed by atoms with Gasteiger partial charge >= 0.3 is 0 Å². The highest BCUT2D eigenvalue weighted by molar-refractivity contribution is 5.07. The van der Waals surface area contributed by atoms with E-state index in [4.69, 9.17) is 5.11 Å².